The summed E-state index contributed by atoms with van der Waals surface area (Å²) in [7, 11) is -2.71. The van der Waals surface area contributed by atoms with Crippen LogP contribution < -0.4 is 4.74 Å². The smallest absolute Gasteiger partial charge is 0.142 e. The largest absolute Gasteiger partial charge is 0.496 e. The van der Waals surface area contributed by atoms with Crippen molar-refractivity contribution >= 4 is 22.6 Å². The number of aliphatic hydroxyl groups is 1. The first-order valence-corrected chi connectivity index (χ1v) is 11.8. The number of H-pyrrole nitrogens is 1. The Hall–Kier alpha value is -2.90. The van der Waals surface area contributed by atoms with Crippen molar-refractivity contribution in [3.63, 3.8) is 0 Å². The lowest BCUT2D eigenvalue weighted by Crippen LogP contribution is -2.22. The molecule has 178 valence electrons. The van der Waals surface area contributed by atoms with E-state index in [9.17, 15) is 9.50 Å². The molecule has 1 aliphatic carbocycles. The molecule has 1 atom stereocenters. The Morgan fingerprint density at radius 2 is 2.09 bits per heavy atom. The highest BCUT2D eigenvalue weighted by Gasteiger charge is 2.25. The van der Waals surface area contributed by atoms with Gasteiger partial charge in [-0.25, -0.2) is 9.37 Å². The molecule has 5 rings (SSSR count). The molecule has 1 aromatic carbocycles. The van der Waals surface area contributed by atoms with Gasteiger partial charge in [0.05, 0.1) is 34.5 Å². The molecule has 6 nitrogen and oxygen atoms in total. The van der Waals surface area contributed by atoms with Gasteiger partial charge in [-0.05, 0) is 56.4 Å². The third-order valence-electron chi connectivity index (χ3n) is 7.03. The molecule has 1 aliphatic rings. The SMILES string of the molecule is [2H]C([2H])([2H])Oc1ccc(F)c(Cl)c1[C@@H](C)c1c[nH]c2ncc(-c3cnn(C4CCC(O)CC4)c3C)cc12. The molecular formula is C26H28ClFN4O2. The number of aliphatic hydroxyl groups excluding tert-OH is 1. The van der Waals surface area contributed by atoms with E-state index in [4.69, 9.17) is 20.5 Å². The minimum absolute atomic E-state index is 0.00656. The molecule has 3 aromatic heterocycles. The zero-order chi connectivity index (χ0) is 26.5. The van der Waals surface area contributed by atoms with Gasteiger partial charge < -0.3 is 14.8 Å². The van der Waals surface area contributed by atoms with E-state index in [0.29, 0.717) is 5.65 Å². The Bertz CT molecular complexity index is 1440. The monoisotopic (exact) mass is 485 g/mol. The van der Waals surface area contributed by atoms with Crippen molar-refractivity contribution in [2.24, 2.45) is 0 Å². The molecule has 0 radical (unpaired) electrons. The molecule has 0 spiro atoms. The second-order valence-electron chi connectivity index (χ2n) is 9.01. The number of methoxy groups -OCH3 is 1. The minimum atomic E-state index is -2.71. The van der Waals surface area contributed by atoms with E-state index in [-0.39, 0.29) is 28.5 Å². The molecule has 2 N–H and O–H groups in total. The summed E-state index contributed by atoms with van der Waals surface area (Å²) in [6.07, 6.45) is 8.47. The van der Waals surface area contributed by atoms with Gasteiger partial charge in [0, 0.05) is 46.1 Å². The van der Waals surface area contributed by atoms with Crippen LogP contribution in [-0.4, -0.2) is 38.0 Å². The van der Waals surface area contributed by atoms with E-state index in [1.807, 2.05) is 30.8 Å². The number of aromatic nitrogens is 4. The van der Waals surface area contributed by atoms with Crippen molar-refractivity contribution in [1.29, 1.82) is 0 Å². The zero-order valence-electron chi connectivity index (χ0n) is 22.0. The Morgan fingerprint density at radius 3 is 2.85 bits per heavy atom. The van der Waals surface area contributed by atoms with E-state index in [1.54, 1.807) is 12.4 Å². The molecule has 0 saturated heterocycles. The average molecular weight is 486 g/mol. The Labute approximate surface area is 206 Å². The fourth-order valence-corrected chi connectivity index (χ4v) is 5.42. The Kier molecular flexibility index (Phi) is 5.16. The summed E-state index contributed by atoms with van der Waals surface area (Å²) in [5, 5.41) is 15.1. The summed E-state index contributed by atoms with van der Waals surface area (Å²) < 4.78 is 44.2. The van der Waals surface area contributed by atoms with Crippen molar-refractivity contribution < 1.29 is 18.3 Å². The summed E-state index contributed by atoms with van der Waals surface area (Å²) in [6, 6.07) is 4.65. The van der Waals surface area contributed by atoms with Crippen LogP contribution in [0, 0.1) is 12.7 Å². The lowest BCUT2D eigenvalue weighted by Gasteiger charge is -2.26. The fraction of sp³-hybridized carbons (Fsp3) is 0.385. The highest BCUT2D eigenvalue weighted by Crippen LogP contribution is 2.41. The summed E-state index contributed by atoms with van der Waals surface area (Å²) >= 11 is 6.33. The second kappa shape index (κ2) is 9.04. The van der Waals surface area contributed by atoms with Gasteiger partial charge >= 0.3 is 0 Å². The third-order valence-corrected chi connectivity index (χ3v) is 7.42. The second-order valence-corrected chi connectivity index (χ2v) is 9.39. The van der Waals surface area contributed by atoms with E-state index in [0.717, 1.165) is 59.5 Å². The first-order valence-electron chi connectivity index (χ1n) is 12.9. The van der Waals surface area contributed by atoms with Crippen LogP contribution in [-0.2, 0) is 0 Å². The van der Waals surface area contributed by atoms with Gasteiger partial charge in [-0.1, -0.05) is 18.5 Å². The predicted octanol–water partition coefficient (Wildman–Crippen LogP) is 6.16. The predicted molar refractivity (Wildman–Crippen MR) is 131 cm³/mol. The van der Waals surface area contributed by atoms with Crippen LogP contribution in [0.3, 0.4) is 0 Å². The highest BCUT2D eigenvalue weighted by molar-refractivity contribution is 6.31. The molecule has 3 heterocycles. The van der Waals surface area contributed by atoms with Crippen molar-refractivity contribution in [3.05, 3.63) is 64.5 Å². The van der Waals surface area contributed by atoms with E-state index >= 15 is 0 Å². The van der Waals surface area contributed by atoms with Crippen LogP contribution >= 0.6 is 11.6 Å². The van der Waals surface area contributed by atoms with Gasteiger partial charge in [0.1, 0.15) is 17.2 Å². The van der Waals surface area contributed by atoms with Crippen LogP contribution in [0.1, 0.15) is 65.5 Å². The summed E-state index contributed by atoms with van der Waals surface area (Å²) in [5.74, 6) is -1.14. The van der Waals surface area contributed by atoms with E-state index in [2.05, 4.69) is 15.1 Å². The van der Waals surface area contributed by atoms with Gasteiger partial charge in [-0.3, -0.25) is 4.68 Å². The normalized spacial score (nSPS) is 21.1. The quantitative estimate of drug-likeness (QED) is 0.354. The summed E-state index contributed by atoms with van der Waals surface area (Å²) in [6.45, 7) is 3.85. The van der Waals surface area contributed by atoms with E-state index < -0.39 is 18.8 Å². The molecule has 0 amide bonds. The fourth-order valence-electron chi connectivity index (χ4n) is 5.10. The van der Waals surface area contributed by atoms with Crippen molar-refractivity contribution in [2.75, 3.05) is 7.04 Å². The topological polar surface area (TPSA) is 76.0 Å². The van der Waals surface area contributed by atoms with Crippen LogP contribution in [0.4, 0.5) is 4.39 Å². The molecule has 8 heteroatoms. The number of hydrogen-bond donors (Lipinski definition) is 2. The zero-order valence-corrected chi connectivity index (χ0v) is 19.7. The Balaban J connectivity index is 1.54. The van der Waals surface area contributed by atoms with Crippen molar-refractivity contribution in [3.8, 4) is 16.9 Å². The molecule has 34 heavy (non-hydrogen) atoms. The number of hydrogen-bond acceptors (Lipinski definition) is 4. The standard InChI is InChI=1S/C26H28ClFN4O2/c1-14(24-23(34-3)9-8-22(28)25(24)27)20-12-30-26-19(20)10-16(11-29-26)21-13-31-32(15(21)2)17-4-6-18(33)7-5-17/h8-14,17-18,33H,4-7H2,1-3H3,(H,29,30)/t14-,17?,18?/m0/s1/i3D3. The number of nitrogens with zero attached hydrogens (tertiary/aromatic N) is 3. The Morgan fingerprint density at radius 1 is 1.29 bits per heavy atom. The number of nitrogens with one attached hydrogen (secondary N) is 1. The van der Waals surface area contributed by atoms with Crippen molar-refractivity contribution in [1.82, 2.24) is 19.7 Å². The number of pyridine rings is 1. The summed E-state index contributed by atoms with van der Waals surface area (Å²) in [5.41, 5.74) is 4.53. The van der Waals surface area contributed by atoms with Gasteiger partial charge in [0.25, 0.3) is 0 Å². The van der Waals surface area contributed by atoms with Gasteiger partial charge in [0.15, 0.2) is 0 Å². The maximum Gasteiger partial charge on any atom is 0.142 e. The highest BCUT2D eigenvalue weighted by atomic mass is 35.5. The first kappa shape index (κ1) is 19.4. The molecule has 4 aromatic rings. The van der Waals surface area contributed by atoms with Crippen LogP contribution in [0.15, 0.2) is 36.8 Å². The third kappa shape index (κ3) is 3.87. The van der Waals surface area contributed by atoms with Crippen molar-refractivity contribution in [2.45, 2.75) is 57.6 Å². The van der Waals surface area contributed by atoms with Gasteiger partial charge in [0.2, 0.25) is 0 Å². The molecule has 0 aliphatic heterocycles. The minimum Gasteiger partial charge on any atom is -0.496 e. The maximum atomic E-state index is 14.4. The average Bonchev–Trinajstić information content (AvgIpc) is 3.44. The lowest BCUT2D eigenvalue weighted by atomic mass is 9.91. The van der Waals surface area contributed by atoms with Gasteiger partial charge in [-0.15, -0.1) is 0 Å². The number of benzene rings is 1. The van der Waals surface area contributed by atoms with Gasteiger partial charge in [-0.2, -0.15) is 5.10 Å². The number of aromatic amines is 1. The summed E-state index contributed by atoms with van der Waals surface area (Å²) in [4.78, 5) is 7.75. The number of fused-ring (bicyclic) bond motifs is 1. The van der Waals surface area contributed by atoms with Crippen LogP contribution in [0.2, 0.25) is 5.02 Å². The molecular weight excluding hydrogens is 455 g/mol. The number of halogens is 2. The number of ether oxygens (including phenoxy) is 1. The molecule has 1 fully saturated rings. The molecule has 0 bridgehead atoms. The molecule has 1 saturated carbocycles. The first-order chi connectivity index (χ1) is 17.5. The number of rotatable bonds is 5. The van der Waals surface area contributed by atoms with Crippen LogP contribution in [0.25, 0.3) is 22.2 Å². The van der Waals surface area contributed by atoms with E-state index in [1.165, 1.54) is 6.07 Å². The van der Waals surface area contributed by atoms with Crippen LogP contribution in [0.5, 0.6) is 5.75 Å². The maximum absolute atomic E-state index is 14.4. The molecule has 0 unspecified atom stereocenters. The lowest BCUT2D eigenvalue weighted by molar-refractivity contribution is 0.107.